The van der Waals surface area contributed by atoms with Gasteiger partial charge in [0.25, 0.3) is 0 Å². The Kier molecular flexibility index (Phi) is 14.1. The van der Waals surface area contributed by atoms with Crippen LogP contribution in [-0.2, 0) is 5.41 Å². The molecule has 1 spiro atoms. The van der Waals surface area contributed by atoms with Crippen molar-refractivity contribution in [2.45, 2.75) is 60.8 Å². The van der Waals surface area contributed by atoms with Crippen molar-refractivity contribution >= 4 is 68.1 Å². The molecule has 0 bridgehead atoms. The van der Waals surface area contributed by atoms with Gasteiger partial charge in [-0.25, -0.2) is 0 Å². The number of hydrogen-bond acceptors (Lipinski definition) is 4. The number of hydrogen-bond donors (Lipinski definition) is 0. The van der Waals surface area contributed by atoms with Crippen molar-refractivity contribution in [3.63, 3.8) is 0 Å². The standard InChI is InChI=1S/C81H70N4/c1-10-19-73-74-39-36-70(83(64-30-13-22-56(4)44-64)65-31-14-23-57(5)45-65)50-77(74)81(80(73)53-82(62-28-11-20-54(2)42-62)63-29-12-21-55(3)43-63)78-51-71(84(66-32-15-24-58(6)46-66)67-33-16-25-59(7)47-67)37-40-75(78)76-41-38-72(52-79(76)81)85(68-34-17-26-60(8)48-68)69-35-18-27-61(9)49-69/h10-53H,1H2,2-9H3/b73-19-,80-53+. The third-order valence-electron chi connectivity index (χ3n) is 16.9. The van der Waals surface area contributed by atoms with Crippen LogP contribution in [0.15, 0.2) is 279 Å². The Morgan fingerprint density at radius 1 is 0.282 bits per heavy atom. The monoisotopic (exact) mass is 1100 g/mol. The van der Waals surface area contributed by atoms with Gasteiger partial charge in [-0.3, -0.25) is 0 Å². The number of aryl methyl sites for hydroxylation is 8. The number of fused-ring (bicyclic) bond motifs is 7. The van der Waals surface area contributed by atoms with Crippen LogP contribution in [0.2, 0.25) is 0 Å². The highest BCUT2D eigenvalue weighted by molar-refractivity contribution is 6.03. The average molecular weight is 1100 g/mol. The fraction of sp³-hybridized carbons (Fsp3) is 0.111. The maximum atomic E-state index is 4.49. The van der Waals surface area contributed by atoms with Gasteiger partial charge < -0.3 is 19.6 Å². The normalized spacial score (nSPS) is 13.6. The zero-order valence-electron chi connectivity index (χ0n) is 49.9. The summed E-state index contributed by atoms with van der Waals surface area (Å²) in [5.41, 5.74) is 29.9. The molecule has 85 heavy (non-hydrogen) atoms. The van der Waals surface area contributed by atoms with E-state index in [0.29, 0.717) is 0 Å². The molecule has 0 amide bonds. The quantitative estimate of drug-likeness (QED) is 0.114. The molecule has 414 valence electrons. The lowest BCUT2D eigenvalue weighted by molar-refractivity contribution is 0.790. The smallest absolute Gasteiger partial charge is 0.0742 e. The predicted molar refractivity (Wildman–Crippen MR) is 361 cm³/mol. The van der Waals surface area contributed by atoms with Gasteiger partial charge in [-0.1, -0.05) is 134 Å². The second kappa shape index (κ2) is 22.2. The molecular weight excluding hydrogens is 1030 g/mol. The van der Waals surface area contributed by atoms with Gasteiger partial charge in [-0.15, -0.1) is 0 Å². The van der Waals surface area contributed by atoms with Crippen molar-refractivity contribution in [2.24, 2.45) is 0 Å². The summed E-state index contributed by atoms with van der Waals surface area (Å²) in [5, 5.41) is 0. The first-order chi connectivity index (χ1) is 41.3. The van der Waals surface area contributed by atoms with E-state index < -0.39 is 5.41 Å². The fourth-order valence-electron chi connectivity index (χ4n) is 13.3. The van der Waals surface area contributed by atoms with Crippen LogP contribution in [0.1, 0.15) is 66.8 Å². The molecule has 0 saturated carbocycles. The zero-order chi connectivity index (χ0) is 58.5. The lowest BCUT2D eigenvalue weighted by Gasteiger charge is -2.35. The first-order valence-electron chi connectivity index (χ1n) is 29.6. The first-order valence-corrected chi connectivity index (χ1v) is 29.6. The summed E-state index contributed by atoms with van der Waals surface area (Å²) >= 11 is 0. The number of anilines is 11. The van der Waals surface area contributed by atoms with Gasteiger partial charge in [0.2, 0.25) is 0 Å². The topological polar surface area (TPSA) is 13.0 Å². The predicted octanol–water partition coefficient (Wildman–Crippen LogP) is 22.2. The van der Waals surface area contributed by atoms with Crippen LogP contribution in [0.4, 0.5) is 62.6 Å². The minimum absolute atomic E-state index is 0.941. The van der Waals surface area contributed by atoms with Gasteiger partial charge in [0.1, 0.15) is 0 Å². The zero-order valence-corrected chi connectivity index (χ0v) is 49.9. The Balaban J connectivity index is 1.20. The van der Waals surface area contributed by atoms with E-state index in [-0.39, 0.29) is 0 Å². The van der Waals surface area contributed by atoms with Gasteiger partial charge in [0.05, 0.1) is 5.41 Å². The third kappa shape index (κ3) is 9.94. The van der Waals surface area contributed by atoms with Crippen LogP contribution in [0.25, 0.3) is 16.7 Å². The molecule has 0 fully saturated rings. The third-order valence-corrected chi connectivity index (χ3v) is 16.9. The van der Waals surface area contributed by atoms with Crippen LogP contribution in [0, 0.1) is 55.4 Å². The lowest BCUT2D eigenvalue weighted by Crippen LogP contribution is -2.28. The lowest BCUT2D eigenvalue weighted by atomic mass is 9.70. The van der Waals surface area contributed by atoms with Gasteiger partial charge in [-0.05, 0) is 278 Å². The molecule has 11 aromatic carbocycles. The molecule has 0 aliphatic heterocycles. The summed E-state index contributed by atoms with van der Waals surface area (Å²) in [4.78, 5) is 9.75. The Morgan fingerprint density at radius 3 is 0.812 bits per heavy atom. The molecule has 4 heteroatoms. The molecule has 13 rings (SSSR count). The maximum absolute atomic E-state index is 4.49. The summed E-state index contributed by atoms with van der Waals surface area (Å²) in [5.74, 6) is 0. The van der Waals surface area contributed by atoms with Gasteiger partial charge in [0, 0.05) is 68.8 Å². The van der Waals surface area contributed by atoms with Crippen LogP contribution in [0.5, 0.6) is 0 Å². The molecule has 4 nitrogen and oxygen atoms in total. The van der Waals surface area contributed by atoms with E-state index >= 15 is 0 Å². The Morgan fingerprint density at radius 2 is 0.529 bits per heavy atom. The fourth-order valence-corrected chi connectivity index (χ4v) is 13.3. The number of nitrogens with zero attached hydrogens (tertiary/aromatic N) is 4. The van der Waals surface area contributed by atoms with E-state index in [2.05, 4.69) is 343 Å². The molecule has 2 aliphatic rings. The molecule has 0 saturated heterocycles. The molecule has 0 aromatic heterocycles. The van der Waals surface area contributed by atoms with E-state index in [0.717, 1.165) is 79.3 Å². The van der Waals surface area contributed by atoms with E-state index in [9.17, 15) is 0 Å². The summed E-state index contributed by atoms with van der Waals surface area (Å²) in [6.07, 6.45) is 6.70. The molecule has 2 aliphatic carbocycles. The number of rotatable bonds is 13. The first kappa shape index (κ1) is 54.1. The number of allylic oxidation sites excluding steroid dienone is 4. The van der Waals surface area contributed by atoms with Gasteiger partial charge >= 0.3 is 0 Å². The van der Waals surface area contributed by atoms with Crippen LogP contribution < -0.4 is 19.6 Å². The van der Waals surface area contributed by atoms with Crippen LogP contribution in [-0.4, -0.2) is 0 Å². The highest BCUT2D eigenvalue weighted by atomic mass is 15.2. The Hall–Kier alpha value is -10.2. The van der Waals surface area contributed by atoms with E-state index in [1.54, 1.807) is 0 Å². The molecule has 0 unspecified atom stereocenters. The molecule has 0 heterocycles. The van der Waals surface area contributed by atoms with E-state index in [4.69, 9.17) is 0 Å². The minimum atomic E-state index is -0.941. The average Bonchev–Trinajstić information content (AvgIpc) is 1.52. The summed E-state index contributed by atoms with van der Waals surface area (Å²) < 4.78 is 0. The molecule has 0 N–H and O–H groups in total. The molecule has 0 radical (unpaired) electrons. The van der Waals surface area contributed by atoms with Crippen molar-refractivity contribution in [3.8, 4) is 11.1 Å². The highest BCUT2D eigenvalue weighted by Crippen LogP contribution is 2.66. The van der Waals surface area contributed by atoms with Gasteiger partial charge in [0.15, 0.2) is 0 Å². The molecular formula is C81H70N4. The van der Waals surface area contributed by atoms with E-state index in [1.807, 2.05) is 6.08 Å². The SMILES string of the molecule is C=C/C=C1\C(=C/N(c2cccc(C)c2)c2cccc(C)c2)C2(c3cc(N(c4cccc(C)c4)c4cccc(C)c4)ccc31)c1cc(N(c3cccc(C)c3)c3cccc(C)c3)ccc1-c1ccc(N(c3cccc(C)c3)c3cccc(C)c3)cc12. The maximum Gasteiger partial charge on any atom is 0.0742 e. The van der Waals surface area contributed by atoms with E-state index in [1.165, 1.54) is 72.3 Å². The minimum Gasteiger partial charge on any atom is -0.317 e. The summed E-state index contributed by atoms with van der Waals surface area (Å²) in [7, 11) is 0. The summed E-state index contributed by atoms with van der Waals surface area (Å²) in [6.45, 7) is 22.0. The molecule has 0 atom stereocenters. The number of benzene rings is 11. The van der Waals surface area contributed by atoms with Crippen molar-refractivity contribution in [1.82, 2.24) is 0 Å². The van der Waals surface area contributed by atoms with Crippen LogP contribution >= 0.6 is 0 Å². The van der Waals surface area contributed by atoms with Crippen molar-refractivity contribution in [1.29, 1.82) is 0 Å². The van der Waals surface area contributed by atoms with Crippen LogP contribution in [0.3, 0.4) is 0 Å². The van der Waals surface area contributed by atoms with Crippen molar-refractivity contribution in [2.75, 3.05) is 19.6 Å². The highest BCUT2D eigenvalue weighted by Gasteiger charge is 2.55. The van der Waals surface area contributed by atoms with Gasteiger partial charge in [-0.2, -0.15) is 0 Å². The second-order valence-corrected chi connectivity index (χ2v) is 23.4. The Bertz CT molecular complexity index is 4150. The Labute approximate surface area is 502 Å². The van der Waals surface area contributed by atoms with Crippen molar-refractivity contribution < 1.29 is 0 Å². The van der Waals surface area contributed by atoms with Crippen molar-refractivity contribution in [3.05, 3.63) is 346 Å². The largest absolute Gasteiger partial charge is 0.317 e. The second-order valence-electron chi connectivity index (χ2n) is 23.4. The summed E-state index contributed by atoms with van der Waals surface area (Å²) in [6, 6.07) is 93.0. The molecule has 11 aromatic rings.